The molecule has 132 valence electrons. The first-order valence-corrected chi connectivity index (χ1v) is 8.66. The van der Waals surface area contributed by atoms with Crippen molar-refractivity contribution in [3.05, 3.63) is 47.2 Å². The van der Waals surface area contributed by atoms with Gasteiger partial charge in [-0.15, -0.1) is 0 Å². The zero-order chi connectivity index (χ0) is 17.4. The summed E-state index contributed by atoms with van der Waals surface area (Å²) in [6.45, 7) is 1.57. The summed E-state index contributed by atoms with van der Waals surface area (Å²) < 4.78 is 26.6. The van der Waals surface area contributed by atoms with E-state index in [9.17, 15) is 13.6 Å². The van der Waals surface area contributed by atoms with E-state index in [4.69, 9.17) is 0 Å². The van der Waals surface area contributed by atoms with Gasteiger partial charge in [0, 0.05) is 42.9 Å². The molecule has 1 amide bonds. The van der Waals surface area contributed by atoms with Gasteiger partial charge in [0.1, 0.15) is 11.6 Å². The molecule has 1 saturated carbocycles. The fraction of sp³-hybridized carbons (Fsp3) is 0.444. The molecule has 0 bridgehead atoms. The highest BCUT2D eigenvalue weighted by Gasteiger charge is 2.28. The van der Waals surface area contributed by atoms with Gasteiger partial charge in [0.2, 0.25) is 0 Å². The zero-order valence-corrected chi connectivity index (χ0v) is 13.8. The van der Waals surface area contributed by atoms with Crippen LogP contribution in [0.1, 0.15) is 47.7 Å². The Hall–Kier alpha value is -2.44. The van der Waals surface area contributed by atoms with Crippen LogP contribution in [-0.2, 0) is 0 Å². The molecule has 2 N–H and O–H groups in total. The summed E-state index contributed by atoms with van der Waals surface area (Å²) in [5, 5.41) is 10.3. The van der Waals surface area contributed by atoms with Crippen LogP contribution in [0.4, 0.5) is 14.6 Å². The maximum atomic E-state index is 13.7. The molecule has 2 aromatic rings. The molecule has 1 aromatic carbocycles. The number of aromatic amines is 1. The number of rotatable bonds is 4. The van der Waals surface area contributed by atoms with Gasteiger partial charge < -0.3 is 10.2 Å². The van der Waals surface area contributed by atoms with Gasteiger partial charge in [0.25, 0.3) is 5.91 Å². The SMILES string of the molecule is O=C(NC1CCN(c2cc(C3CC3)[nH]n2)CC1)c1ccc(F)cc1F. The van der Waals surface area contributed by atoms with Crippen LogP contribution in [0.2, 0.25) is 0 Å². The molecule has 1 saturated heterocycles. The number of anilines is 1. The molecule has 1 aromatic heterocycles. The Morgan fingerprint density at radius 2 is 1.92 bits per heavy atom. The van der Waals surface area contributed by atoms with Crippen LogP contribution in [0.3, 0.4) is 0 Å². The molecule has 25 heavy (non-hydrogen) atoms. The average Bonchev–Trinajstić information content (AvgIpc) is 3.33. The Bertz CT molecular complexity index is 779. The van der Waals surface area contributed by atoms with E-state index in [0.29, 0.717) is 5.92 Å². The third-order valence-corrected chi connectivity index (χ3v) is 4.93. The number of H-pyrrole nitrogens is 1. The number of benzene rings is 1. The van der Waals surface area contributed by atoms with E-state index in [1.165, 1.54) is 24.6 Å². The number of carbonyl (C=O) groups is 1. The van der Waals surface area contributed by atoms with Gasteiger partial charge >= 0.3 is 0 Å². The van der Waals surface area contributed by atoms with Crippen LogP contribution >= 0.6 is 0 Å². The predicted molar refractivity (Wildman–Crippen MR) is 89.6 cm³/mol. The molecule has 2 heterocycles. The fourth-order valence-corrected chi connectivity index (χ4v) is 3.28. The number of nitrogens with one attached hydrogen (secondary N) is 2. The summed E-state index contributed by atoms with van der Waals surface area (Å²) in [5.74, 6) is -0.419. The number of piperidine rings is 1. The monoisotopic (exact) mass is 346 g/mol. The van der Waals surface area contributed by atoms with Crippen LogP contribution < -0.4 is 10.2 Å². The number of aromatic nitrogens is 2. The van der Waals surface area contributed by atoms with Crippen molar-refractivity contribution in [2.45, 2.75) is 37.6 Å². The molecule has 0 radical (unpaired) electrons. The highest BCUT2D eigenvalue weighted by atomic mass is 19.1. The highest BCUT2D eigenvalue weighted by Crippen LogP contribution is 2.40. The van der Waals surface area contributed by atoms with E-state index in [2.05, 4.69) is 26.5 Å². The Morgan fingerprint density at radius 1 is 1.16 bits per heavy atom. The fourth-order valence-electron chi connectivity index (χ4n) is 3.28. The first-order chi connectivity index (χ1) is 12.1. The van der Waals surface area contributed by atoms with Crippen LogP contribution in [0, 0.1) is 11.6 Å². The van der Waals surface area contributed by atoms with E-state index >= 15 is 0 Å². The summed E-state index contributed by atoms with van der Waals surface area (Å²) >= 11 is 0. The van der Waals surface area contributed by atoms with Crippen molar-refractivity contribution in [3.63, 3.8) is 0 Å². The van der Waals surface area contributed by atoms with Crippen molar-refractivity contribution in [1.82, 2.24) is 15.5 Å². The lowest BCUT2D eigenvalue weighted by molar-refractivity contribution is 0.0927. The number of hydrogen-bond acceptors (Lipinski definition) is 3. The molecule has 0 spiro atoms. The third kappa shape index (κ3) is 3.50. The summed E-state index contributed by atoms with van der Waals surface area (Å²) in [5.41, 5.74) is 1.09. The molecular weight excluding hydrogens is 326 g/mol. The van der Waals surface area contributed by atoms with Gasteiger partial charge in [-0.25, -0.2) is 8.78 Å². The maximum absolute atomic E-state index is 13.7. The molecule has 1 aliphatic carbocycles. The Kier molecular flexibility index (Phi) is 4.15. The summed E-state index contributed by atoms with van der Waals surface area (Å²) in [4.78, 5) is 14.4. The van der Waals surface area contributed by atoms with Crippen LogP contribution in [0.25, 0.3) is 0 Å². The summed E-state index contributed by atoms with van der Waals surface area (Å²) in [6, 6.07) is 5.10. The highest BCUT2D eigenvalue weighted by molar-refractivity contribution is 5.94. The van der Waals surface area contributed by atoms with Crippen LogP contribution in [-0.4, -0.2) is 35.2 Å². The summed E-state index contributed by atoms with van der Waals surface area (Å²) in [6.07, 6.45) is 3.99. The van der Waals surface area contributed by atoms with E-state index in [0.717, 1.165) is 43.9 Å². The topological polar surface area (TPSA) is 61.0 Å². The van der Waals surface area contributed by atoms with Gasteiger partial charge in [0.05, 0.1) is 5.56 Å². The first kappa shape index (κ1) is 16.1. The Labute approximate surface area is 144 Å². The van der Waals surface area contributed by atoms with Crippen molar-refractivity contribution in [2.75, 3.05) is 18.0 Å². The predicted octanol–water partition coefficient (Wildman–Crippen LogP) is 2.96. The minimum atomic E-state index is -0.834. The summed E-state index contributed by atoms with van der Waals surface area (Å²) in [7, 11) is 0. The molecule has 4 rings (SSSR count). The number of amides is 1. The van der Waals surface area contributed by atoms with Crippen molar-refractivity contribution in [2.24, 2.45) is 0 Å². The number of hydrogen-bond donors (Lipinski definition) is 2. The Morgan fingerprint density at radius 3 is 2.60 bits per heavy atom. The average molecular weight is 346 g/mol. The largest absolute Gasteiger partial charge is 0.355 e. The van der Waals surface area contributed by atoms with E-state index < -0.39 is 17.5 Å². The lowest BCUT2D eigenvalue weighted by Gasteiger charge is -2.32. The first-order valence-electron chi connectivity index (χ1n) is 8.66. The number of nitrogens with zero attached hydrogens (tertiary/aromatic N) is 2. The van der Waals surface area contributed by atoms with Gasteiger partial charge in [-0.3, -0.25) is 9.89 Å². The van der Waals surface area contributed by atoms with Gasteiger partial charge in [0.15, 0.2) is 5.82 Å². The van der Waals surface area contributed by atoms with E-state index in [1.807, 2.05) is 0 Å². The number of carbonyl (C=O) groups excluding carboxylic acids is 1. The molecule has 5 nitrogen and oxygen atoms in total. The second-order valence-electron chi connectivity index (χ2n) is 6.81. The smallest absolute Gasteiger partial charge is 0.254 e. The van der Waals surface area contributed by atoms with Crippen molar-refractivity contribution >= 4 is 11.7 Å². The second kappa shape index (κ2) is 6.46. The zero-order valence-electron chi connectivity index (χ0n) is 13.8. The third-order valence-electron chi connectivity index (χ3n) is 4.93. The van der Waals surface area contributed by atoms with Crippen LogP contribution in [0.15, 0.2) is 24.3 Å². The molecule has 1 aliphatic heterocycles. The lowest BCUT2D eigenvalue weighted by atomic mass is 10.0. The molecule has 2 fully saturated rings. The minimum absolute atomic E-state index is 0.0185. The second-order valence-corrected chi connectivity index (χ2v) is 6.81. The normalized spacial score (nSPS) is 18.4. The number of halogens is 2. The molecular formula is C18H20F2N4O. The standard InChI is InChI=1S/C18H20F2N4O/c19-12-3-4-14(15(20)9-12)18(25)21-13-5-7-24(8-6-13)17-10-16(22-23-17)11-1-2-11/h3-4,9-11,13H,1-2,5-8H2,(H,21,25)(H,22,23). The minimum Gasteiger partial charge on any atom is -0.355 e. The maximum Gasteiger partial charge on any atom is 0.254 e. The lowest BCUT2D eigenvalue weighted by Crippen LogP contribution is -2.45. The molecule has 2 aliphatic rings. The van der Waals surface area contributed by atoms with E-state index in [-0.39, 0.29) is 11.6 Å². The Balaban J connectivity index is 1.32. The molecule has 0 unspecified atom stereocenters. The van der Waals surface area contributed by atoms with Gasteiger partial charge in [-0.1, -0.05) is 0 Å². The van der Waals surface area contributed by atoms with Crippen molar-refractivity contribution in [3.8, 4) is 0 Å². The van der Waals surface area contributed by atoms with Crippen molar-refractivity contribution < 1.29 is 13.6 Å². The van der Waals surface area contributed by atoms with Gasteiger partial charge in [-0.2, -0.15) is 5.10 Å². The quantitative estimate of drug-likeness (QED) is 0.895. The van der Waals surface area contributed by atoms with Gasteiger partial charge in [-0.05, 0) is 37.8 Å². The molecule has 7 heteroatoms. The van der Waals surface area contributed by atoms with Crippen LogP contribution in [0.5, 0.6) is 0 Å². The van der Waals surface area contributed by atoms with Crippen molar-refractivity contribution in [1.29, 1.82) is 0 Å². The molecule has 0 atom stereocenters. The van der Waals surface area contributed by atoms with E-state index in [1.54, 1.807) is 0 Å².